The summed E-state index contributed by atoms with van der Waals surface area (Å²) in [6, 6.07) is 1.50. The third kappa shape index (κ3) is 1.99. The Bertz CT molecular complexity index is 350. The molecule has 0 radical (unpaired) electrons. The summed E-state index contributed by atoms with van der Waals surface area (Å²) in [6.45, 7) is 3.90. The molecule has 1 rings (SSSR count). The van der Waals surface area contributed by atoms with Crippen LogP contribution in [0, 0.1) is 10.1 Å². The first kappa shape index (κ1) is 10.4. The number of ether oxygens (including phenoxy) is 1. The standard InChI is InChI=1S/C9H12N2O3/c1-6(2)7-4-8(11(12)13)9(14-3)10-5-7/h4-6H,1-3H3. The zero-order valence-electron chi connectivity index (χ0n) is 8.35. The van der Waals surface area contributed by atoms with Crippen LogP contribution in [-0.4, -0.2) is 17.0 Å². The maximum absolute atomic E-state index is 10.6. The molecular weight excluding hydrogens is 184 g/mol. The molecule has 0 saturated heterocycles. The number of nitrogens with zero attached hydrogens (tertiary/aromatic N) is 2. The minimum atomic E-state index is -0.488. The lowest BCUT2D eigenvalue weighted by molar-refractivity contribution is -0.386. The number of nitro groups is 1. The molecule has 14 heavy (non-hydrogen) atoms. The molecule has 0 aliphatic heterocycles. The summed E-state index contributed by atoms with van der Waals surface area (Å²) in [5.41, 5.74) is 0.746. The molecule has 1 aromatic rings. The van der Waals surface area contributed by atoms with Crippen molar-refractivity contribution in [1.82, 2.24) is 4.98 Å². The van der Waals surface area contributed by atoms with Crippen molar-refractivity contribution < 1.29 is 9.66 Å². The fourth-order valence-electron chi connectivity index (χ4n) is 1.06. The summed E-state index contributed by atoms with van der Waals surface area (Å²) in [6.07, 6.45) is 1.59. The number of hydrogen-bond donors (Lipinski definition) is 0. The number of methoxy groups -OCH3 is 1. The monoisotopic (exact) mass is 196 g/mol. The van der Waals surface area contributed by atoms with Crippen LogP contribution >= 0.6 is 0 Å². The molecule has 5 heteroatoms. The smallest absolute Gasteiger partial charge is 0.331 e. The van der Waals surface area contributed by atoms with Crippen LogP contribution in [0.1, 0.15) is 25.3 Å². The van der Waals surface area contributed by atoms with Crippen LogP contribution in [0.3, 0.4) is 0 Å². The molecule has 0 aliphatic carbocycles. The topological polar surface area (TPSA) is 65.3 Å². The van der Waals surface area contributed by atoms with Gasteiger partial charge >= 0.3 is 5.69 Å². The Morgan fingerprint density at radius 2 is 2.21 bits per heavy atom. The molecule has 1 heterocycles. The van der Waals surface area contributed by atoms with E-state index in [0.29, 0.717) is 0 Å². The number of pyridine rings is 1. The molecule has 0 unspecified atom stereocenters. The van der Waals surface area contributed by atoms with Gasteiger partial charge in [0.2, 0.25) is 0 Å². The lowest BCUT2D eigenvalue weighted by Gasteiger charge is -2.05. The third-order valence-corrected chi connectivity index (χ3v) is 1.91. The van der Waals surface area contributed by atoms with Gasteiger partial charge in [-0.1, -0.05) is 13.8 Å². The molecular formula is C9H12N2O3. The van der Waals surface area contributed by atoms with Crippen LogP contribution in [0.5, 0.6) is 5.88 Å². The highest BCUT2D eigenvalue weighted by atomic mass is 16.6. The van der Waals surface area contributed by atoms with Gasteiger partial charge in [0.1, 0.15) is 0 Å². The predicted octanol–water partition coefficient (Wildman–Crippen LogP) is 2.12. The number of hydrogen-bond acceptors (Lipinski definition) is 4. The minimum Gasteiger partial charge on any atom is -0.476 e. The van der Waals surface area contributed by atoms with E-state index >= 15 is 0 Å². The number of rotatable bonds is 3. The van der Waals surface area contributed by atoms with Crippen LogP contribution < -0.4 is 4.74 Å². The van der Waals surface area contributed by atoms with Gasteiger partial charge in [-0.25, -0.2) is 4.98 Å². The van der Waals surface area contributed by atoms with Gasteiger partial charge in [0.05, 0.1) is 12.0 Å². The van der Waals surface area contributed by atoms with E-state index in [2.05, 4.69) is 4.98 Å². The van der Waals surface area contributed by atoms with Gasteiger partial charge in [0.15, 0.2) is 0 Å². The van der Waals surface area contributed by atoms with Crippen LogP contribution in [0.25, 0.3) is 0 Å². The van der Waals surface area contributed by atoms with Gasteiger partial charge < -0.3 is 4.74 Å². The van der Waals surface area contributed by atoms with Crippen molar-refractivity contribution in [2.75, 3.05) is 7.11 Å². The summed E-state index contributed by atoms with van der Waals surface area (Å²) in [5, 5.41) is 10.6. The summed E-state index contributed by atoms with van der Waals surface area (Å²) < 4.78 is 4.79. The normalized spacial score (nSPS) is 10.3. The maximum atomic E-state index is 10.6. The quantitative estimate of drug-likeness (QED) is 0.548. The van der Waals surface area contributed by atoms with Crippen molar-refractivity contribution in [3.8, 4) is 5.88 Å². The van der Waals surface area contributed by atoms with E-state index in [0.717, 1.165) is 5.56 Å². The van der Waals surface area contributed by atoms with Crippen molar-refractivity contribution in [1.29, 1.82) is 0 Å². The van der Waals surface area contributed by atoms with E-state index in [9.17, 15) is 10.1 Å². The van der Waals surface area contributed by atoms with Crippen LogP contribution in [0.15, 0.2) is 12.3 Å². The van der Waals surface area contributed by atoms with Gasteiger partial charge in [-0.15, -0.1) is 0 Å². The van der Waals surface area contributed by atoms with E-state index in [4.69, 9.17) is 4.74 Å². The first-order valence-corrected chi connectivity index (χ1v) is 4.24. The van der Waals surface area contributed by atoms with Crippen LogP contribution in [0.2, 0.25) is 0 Å². The molecule has 0 fully saturated rings. The molecule has 1 aromatic heterocycles. The Morgan fingerprint density at radius 1 is 1.57 bits per heavy atom. The average Bonchev–Trinajstić information content (AvgIpc) is 2.16. The highest BCUT2D eigenvalue weighted by molar-refractivity contribution is 5.43. The van der Waals surface area contributed by atoms with Crippen molar-refractivity contribution >= 4 is 5.69 Å². The second-order valence-electron chi connectivity index (χ2n) is 3.21. The SMILES string of the molecule is COc1ncc(C(C)C)cc1[N+](=O)[O-]. The van der Waals surface area contributed by atoms with Gasteiger partial charge in [0.25, 0.3) is 5.88 Å². The minimum absolute atomic E-state index is 0.0550. The largest absolute Gasteiger partial charge is 0.476 e. The molecule has 0 bridgehead atoms. The fourth-order valence-corrected chi connectivity index (χ4v) is 1.06. The molecule has 0 amide bonds. The molecule has 0 spiro atoms. The lowest BCUT2D eigenvalue weighted by Crippen LogP contribution is -1.98. The molecule has 0 atom stereocenters. The Morgan fingerprint density at radius 3 is 2.64 bits per heavy atom. The number of aromatic nitrogens is 1. The first-order chi connectivity index (χ1) is 6.56. The predicted molar refractivity (Wildman–Crippen MR) is 51.5 cm³/mol. The van der Waals surface area contributed by atoms with E-state index in [-0.39, 0.29) is 17.5 Å². The van der Waals surface area contributed by atoms with Gasteiger partial charge in [0, 0.05) is 12.3 Å². The van der Waals surface area contributed by atoms with Gasteiger partial charge in [-0.05, 0) is 11.5 Å². The Hall–Kier alpha value is -1.65. The van der Waals surface area contributed by atoms with E-state index in [1.807, 2.05) is 13.8 Å². The molecule has 76 valence electrons. The maximum Gasteiger partial charge on any atom is 0.331 e. The molecule has 0 saturated carbocycles. The Labute approximate surface area is 81.9 Å². The van der Waals surface area contributed by atoms with Crippen molar-refractivity contribution in [2.24, 2.45) is 0 Å². The third-order valence-electron chi connectivity index (χ3n) is 1.91. The van der Waals surface area contributed by atoms with E-state index in [1.54, 1.807) is 6.20 Å². The van der Waals surface area contributed by atoms with Crippen molar-refractivity contribution in [3.05, 3.63) is 27.9 Å². The van der Waals surface area contributed by atoms with Crippen molar-refractivity contribution in [2.45, 2.75) is 19.8 Å². The highest BCUT2D eigenvalue weighted by Gasteiger charge is 2.17. The van der Waals surface area contributed by atoms with Gasteiger partial charge in [-0.2, -0.15) is 0 Å². The van der Waals surface area contributed by atoms with Crippen molar-refractivity contribution in [3.63, 3.8) is 0 Å². The van der Waals surface area contributed by atoms with Gasteiger partial charge in [-0.3, -0.25) is 10.1 Å². The molecule has 0 aromatic carbocycles. The summed E-state index contributed by atoms with van der Waals surface area (Å²) in [5.74, 6) is 0.270. The highest BCUT2D eigenvalue weighted by Crippen LogP contribution is 2.27. The fraction of sp³-hybridized carbons (Fsp3) is 0.444. The average molecular weight is 196 g/mol. The summed E-state index contributed by atoms with van der Waals surface area (Å²) in [4.78, 5) is 14.0. The first-order valence-electron chi connectivity index (χ1n) is 4.24. The Balaban J connectivity index is 3.21. The van der Waals surface area contributed by atoms with Crippen LogP contribution in [0.4, 0.5) is 5.69 Å². The van der Waals surface area contributed by atoms with Crippen LogP contribution in [-0.2, 0) is 0 Å². The summed E-state index contributed by atoms with van der Waals surface area (Å²) in [7, 11) is 1.37. The second kappa shape index (κ2) is 4.04. The zero-order chi connectivity index (χ0) is 10.7. The van der Waals surface area contributed by atoms with E-state index < -0.39 is 4.92 Å². The Kier molecular flexibility index (Phi) is 3.01. The van der Waals surface area contributed by atoms with E-state index in [1.165, 1.54) is 13.2 Å². The summed E-state index contributed by atoms with van der Waals surface area (Å²) >= 11 is 0. The molecule has 0 aliphatic rings. The zero-order valence-corrected chi connectivity index (χ0v) is 8.35. The second-order valence-corrected chi connectivity index (χ2v) is 3.21. The molecule has 0 N–H and O–H groups in total. The molecule has 5 nitrogen and oxygen atoms in total. The lowest BCUT2D eigenvalue weighted by atomic mass is 10.1.